The fraction of sp³-hybridized carbons (Fsp3) is 0.308. The summed E-state index contributed by atoms with van der Waals surface area (Å²) in [4.78, 5) is 0. The summed E-state index contributed by atoms with van der Waals surface area (Å²) in [5.74, 6) is 0.244. The summed E-state index contributed by atoms with van der Waals surface area (Å²) in [7, 11) is 0. The van der Waals surface area contributed by atoms with Gasteiger partial charge < -0.3 is 0 Å². The Morgan fingerprint density at radius 3 is 2.67 bits per heavy atom. The zero-order valence-electron chi connectivity index (χ0n) is 8.98. The van der Waals surface area contributed by atoms with Crippen LogP contribution < -0.4 is 0 Å². The lowest BCUT2D eigenvalue weighted by atomic mass is 9.97. The largest absolute Gasteiger partial charge is 0.206 e. The first kappa shape index (κ1) is 12.2. The Kier molecular flexibility index (Phi) is 4.31. The second-order valence-corrected chi connectivity index (χ2v) is 4.79. The van der Waals surface area contributed by atoms with Gasteiger partial charge in [0.1, 0.15) is 5.82 Å². The quantitative estimate of drug-likeness (QED) is 0.691. The minimum absolute atomic E-state index is 0.226. The van der Waals surface area contributed by atoms with Gasteiger partial charge in [0.25, 0.3) is 0 Å². The topological polar surface area (TPSA) is 0 Å². The average molecular weight is 269 g/mol. The molecule has 0 radical (unpaired) electrons. The molecule has 0 unspecified atom stereocenters. The van der Waals surface area contributed by atoms with E-state index in [0.717, 1.165) is 16.5 Å². The normalized spacial score (nSPS) is 10.2. The van der Waals surface area contributed by atoms with Gasteiger partial charge in [-0.25, -0.2) is 4.39 Å². The van der Waals surface area contributed by atoms with E-state index in [2.05, 4.69) is 42.1 Å². The summed E-state index contributed by atoms with van der Waals surface area (Å²) in [5.41, 5.74) is 4.26. The van der Waals surface area contributed by atoms with E-state index in [-0.39, 0.29) is 5.82 Å². The Hall–Kier alpha value is -0.850. The van der Waals surface area contributed by atoms with Crippen molar-refractivity contribution in [1.82, 2.24) is 0 Å². The molecule has 80 valence electrons. The molecule has 0 aliphatic rings. The van der Waals surface area contributed by atoms with E-state index in [4.69, 9.17) is 0 Å². The van der Waals surface area contributed by atoms with Crippen molar-refractivity contribution in [3.8, 4) is 0 Å². The number of benzene rings is 1. The molecule has 0 atom stereocenters. The van der Waals surface area contributed by atoms with Crippen molar-refractivity contribution in [1.29, 1.82) is 0 Å². The first-order chi connectivity index (χ1) is 7.04. The van der Waals surface area contributed by atoms with Crippen molar-refractivity contribution < 1.29 is 4.39 Å². The minimum Gasteiger partial charge on any atom is -0.206 e. The standard InChI is InChI=1S/C13H14BrF/c1-4-10(7-9(2)3)12-6-5-11(14)8-13(12)15/h5-6,8-9H,1,7H2,2-3H3. The second kappa shape index (κ2) is 5.29. The summed E-state index contributed by atoms with van der Waals surface area (Å²) in [5, 5.41) is 0. The highest BCUT2D eigenvalue weighted by Crippen LogP contribution is 2.25. The number of halogens is 2. The fourth-order valence-corrected chi connectivity index (χ4v) is 1.75. The first-order valence-corrected chi connectivity index (χ1v) is 5.68. The van der Waals surface area contributed by atoms with Crippen molar-refractivity contribution >= 4 is 21.5 Å². The van der Waals surface area contributed by atoms with Gasteiger partial charge in [-0.05, 0) is 24.5 Å². The molecule has 0 aliphatic heterocycles. The van der Waals surface area contributed by atoms with Crippen LogP contribution in [0.4, 0.5) is 4.39 Å². The molecule has 0 saturated heterocycles. The Labute approximate surface area is 98.6 Å². The van der Waals surface area contributed by atoms with Crippen molar-refractivity contribution in [2.45, 2.75) is 20.3 Å². The molecular weight excluding hydrogens is 255 g/mol. The van der Waals surface area contributed by atoms with E-state index in [1.54, 1.807) is 6.07 Å². The SMILES string of the molecule is C=C=C(CC(C)C)c1ccc(Br)cc1F. The molecule has 1 rings (SSSR count). The summed E-state index contributed by atoms with van der Waals surface area (Å²) in [6.45, 7) is 7.80. The number of allylic oxidation sites excluding steroid dienone is 1. The van der Waals surface area contributed by atoms with Gasteiger partial charge in [-0.1, -0.05) is 42.4 Å². The van der Waals surface area contributed by atoms with Crippen LogP contribution in [0.3, 0.4) is 0 Å². The van der Waals surface area contributed by atoms with Gasteiger partial charge in [0.15, 0.2) is 0 Å². The van der Waals surface area contributed by atoms with Gasteiger partial charge >= 0.3 is 0 Å². The molecule has 0 saturated carbocycles. The number of hydrogen-bond acceptors (Lipinski definition) is 0. The predicted molar refractivity (Wildman–Crippen MR) is 66.1 cm³/mol. The molecule has 15 heavy (non-hydrogen) atoms. The van der Waals surface area contributed by atoms with Crippen LogP contribution in [0.5, 0.6) is 0 Å². The molecule has 0 N–H and O–H groups in total. The molecule has 0 aliphatic carbocycles. The highest BCUT2D eigenvalue weighted by atomic mass is 79.9. The van der Waals surface area contributed by atoms with Crippen LogP contribution in [-0.4, -0.2) is 0 Å². The monoisotopic (exact) mass is 268 g/mol. The maximum atomic E-state index is 13.6. The number of hydrogen-bond donors (Lipinski definition) is 0. The van der Waals surface area contributed by atoms with E-state index >= 15 is 0 Å². The number of rotatable bonds is 3. The molecule has 0 fully saturated rings. The molecule has 0 bridgehead atoms. The van der Waals surface area contributed by atoms with Gasteiger partial charge in [0.2, 0.25) is 0 Å². The van der Waals surface area contributed by atoms with Crippen LogP contribution in [0.15, 0.2) is 35.0 Å². The van der Waals surface area contributed by atoms with Crippen molar-refractivity contribution in [2.24, 2.45) is 5.92 Å². The Bertz CT molecular complexity index is 401. The molecule has 0 amide bonds. The van der Waals surface area contributed by atoms with Crippen LogP contribution in [-0.2, 0) is 0 Å². The average Bonchev–Trinajstić information content (AvgIpc) is 2.14. The van der Waals surface area contributed by atoms with Crippen LogP contribution in [0.1, 0.15) is 25.8 Å². The molecule has 1 aromatic rings. The predicted octanol–water partition coefficient (Wildman–Crippen LogP) is 4.80. The Morgan fingerprint density at radius 1 is 1.53 bits per heavy atom. The van der Waals surface area contributed by atoms with Crippen LogP contribution >= 0.6 is 15.9 Å². The van der Waals surface area contributed by atoms with E-state index in [1.807, 2.05) is 6.07 Å². The molecule has 0 nitrogen and oxygen atoms in total. The first-order valence-electron chi connectivity index (χ1n) is 4.89. The van der Waals surface area contributed by atoms with E-state index < -0.39 is 0 Å². The van der Waals surface area contributed by atoms with Gasteiger partial charge in [0, 0.05) is 15.6 Å². The third kappa shape index (κ3) is 3.33. The zero-order valence-corrected chi connectivity index (χ0v) is 10.6. The van der Waals surface area contributed by atoms with Crippen molar-refractivity contribution in [3.05, 3.63) is 46.4 Å². The maximum Gasteiger partial charge on any atom is 0.132 e. The lowest BCUT2D eigenvalue weighted by molar-refractivity contribution is 0.617. The minimum atomic E-state index is -0.226. The van der Waals surface area contributed by atoms with Crippen LogP contribution in [0.2, 0.25) is 0 Å². The summed E-state index contributed by atoms with van der Waals surface area (Å²) >= 11 is 3.23. The molecular formula is C13H14BrF. The highest BCUT2D eigenvalue weighted by molar-refractivity contribution is 9.10. The van der Waals surface area contributed by atoms with Gasteiger partial charge in [-0.15, -0.1) is 5.73 Å². The fourth-order valence-electron chi connectivity index (χ4n) is 1.42. The van der Waals surface area contributed by atoms with E-state index in [0.29, 0.717) is 11.5 Å². The zero-order chi connectivity index (χ0) is 11.4. The maximum absolute atomic E-state index is 13.6. The Morgan fingerprint density at radius 2 is 2.20 bits per heavy atom. The van der Waals surface area contributed by atoms with Gasteiger partial charge in [-0.2, -0.15) is 0 Å². The smallest absolute Gasteiger partial charge is 0.132 e. The Balaban J connectivity index is 3.09. The van der Waals surface area contributed by atoms with Crippen molar-refractivity contribution in [3.63, 3.8) is 0 Å². The molecule has 2 heteroatoms. The second-order valence-electron chi connectivity index (χ2n) is 3.88. The molecule has 0 spiro atoms. The summed E-state index contributed by atoms with van der Waals surface area (Å²) < 4.78 is 14.4. The van der Waals surface area contributed by atoms with Gasteiger partial charge in [-0.3, -0.25) is 0 Å². The van der Waals surface area contributed by atoms with E-state index in [1.165, 1.54) is 6.07 Å². The summed E-state index contributed by atoms with van der Waals surface area (Å²) in [6.07, 6.45) is 0.794. The van der Waals surface area contributed by atoms with Crippen LogP contribution in [0.25, 0.3) is 5.57 Å². The highest BCUT2D eigenvalue weighted by Gasteiger charge is 2.09. The molecule has 0 aromatic heterocycles. The van der Waals surface area contributed by atoms with Gasteiger partial charge in [0.05, 0.1) is 0 Å². The van der Waals surface area contributed by atoms with Crippen molar-refractivity contribution in [2.75, 3.05) is 0 Å². The lowest BCUT2D eigenvalue weighted by Crippen LogP contribution is -1.94. The van der Waals surface area contributed by atoms with E-state index in [9.17, 15) is 4.39 Å². The van der Waals surface area contributed by atoms with Crippen LogP contribution in [0, 0.1) is 11.7 Å². The third-order valence-corrected chi connectivity index (χ3v) is 2.58. The third-order valence-electron chi connectivity index (χ3n) is 2.08. The molecule has 1 aromatic carbocycles. The summed E-state index contributed by atoms with van der Waals surface area (Å²) in [6, 6.07) is 5.05. The molecule has 0 heterocycles. The lowest BCUT2D eigenvalue weighted by Gasteiger charge is -2.09.